The van der Waals surface area contributed by atoms with Crippen molar-refractivity contribution in [3.63, 3.8) is 0 Å². The van der Waals surface area contributed by atoms with Gasteiger partial charge in [-0.2, -0.15) is 0 Å². The van der Waals surface area contributed by atoms with Crippen molar-refractivity contribution < 1.29 is 0 Å². The van der Waals surface area contributed by atoms with Gasteiger partial charge in [0.15, 0.2) is 0 Å². The average molecular weight is 296 g/mol. The van der Waals surface area contributed by atoms with E-state index in [0.29, 0.717) is 17.9 Å². The molecule has 0 amide bonds. The standard InChI is InChI=1S/C19H18ClN/c1-12-17(20)11-10-16-14-8-5-9-15(14)19(21-18(12)16)13-6-3-2-4-7-13/h2-8,10-11,14-15,19,21H,9H2,1H3/t14-,15+,19-/m1/s1. The summed E-state index contributed by atoms with van der Waals surface area (Å²) in [6.45, 7) is 2.11. The van der Waals surface area contributed by atoms with Crippen LogP contribution in [0, 0.1) is 12.8 Å². The van der Waals surface area contributed by atoms with Crippen LogP contribution in [0.1, 0.15) is 35.1 Å². The fourth-order valence-electron chi connectivity index (χ4n) is 3.78. The van der Waals surface area contributed by atoms with Crippen molar-refractivity contribution in [1.82, 2.24) is 0 Å². The van der Waals surface area contributed by atoms with E-state index in [-0.39, 0.29) is 0 Å². The van der Waals surface area contributed by atoms with Gasteiger partial charge in [-0.1, -0.05) is 60.2 Å². The maximum atomic E-state index is 6.32. The molecule has 1 aliphatic carbocycles. The quantitative estimate of drug-likeness (QED) is 0.687. The van der Waals surface area contributed by atoms with E-state index in [4.69, 9.17) is 11.6 Å². The van der Waals surface area contributed by atoms with Gasteiger partial charge in [-0.25, -0.2) is 0 Å². The molecular weight excluding hydrogens is 278 g/mol. The number of nitrogens with one attached hydrogen (secondary N) is 1. The van der Waals surface area contributed by atoms with E-state index in [1.54, 1.807) is 0 Å². The van der Waals surface area contributed by atoms with Crippen LogP contribution in [0.25, 0.3) is 0 Å². The number of hydrogen-bond acceptors (Lipinski definition) is 1. The largest absolute Gasteiger partial charge is 0.377 e. The number of anilines is 1. The number of allylic oxidation sites excluding steroid dienone is 2. The topological polar surface area (TPSA) is 12.0 Å². The van der Waals surface area contributed by atoms with E-state index in [0.717, 1.165) is 17.0 Å². The van der Waals surface area contributed by atoms with E-state index in [2.05, 4.69) is 60.8 Å². The molecule has 1 nitrogen and oxygen atoms in total. The third-order valence-corrected chi connectivity index (χ3v) is 5.30. The van der Waals surface area contributed by atoms with Crippen LogP contribution in [-0.2, 0) is 0 Å². The van der Waals surface area contributed by atoms with Crippen molar-refractivity contribution in [2.45, 2.75) is 25.3 Å². The van der Waals surface area contributed by atoms with Crippen LogP contribution in [-0.4, -0.2) is 0 Å². The van der Waals surface area contributed by atoms with Crippen molar-refractivity contribution >= 4 is 17.3 Å². The molecule has 21 heavy (non-hydrogen) atoms. The van der Waals surface area contributed by atoms with Gasteiger partial charge in [0, 0.05) is 16.6 Å². The van der Waals surface area contributed by atoms with Crippen molar-refractivity contribution in [3.8, 4) is 0 Å². The summed E-state index contributed by atoms with van der Waals surface area (Å²) in [6, 6.07) is 15.3. The Balaban J connectivity index is 1.85. The Hall–Kier alpha value is -1.73. The van der Waals surface area contributed by atoms with E-state index >= 15 is 0 Å². The molecule has 2 aliphatic rings. The van der Waals surface area contributed by atoms with Crippen LogP contribution in [0.3, 0.4) is 0 Å². The van der Waals surface area contributed by atoms with Gasteiger partial charge in [-0.05, 0) is 42.0 Å². The Morgan fingerprint density at radius 3 is 2.71 bits per heavy atom. The summed E-state index contributed by atoms with van der Waals surface area (Å²) in [6.07, 6.45) is 5.83. The first-order valence-electron chi connectivity index (χ1n) is 7.53. The fourth-order valence-corrected chi connectivity index (χ4v) is 3.94. The zero-order valence-electron chi connectivity index (χ0n) is 12.0. The third kappa shape index (κ3) is 1.99. The van der Waals surface area contributed by atoms with E-state index in [1.807, 2.05) is 6.07 Å². The molecule has 0 saturated carbocycles. The van der Waals surface area contributed by atoms with Crippen LogP contribution in [0.5, 0.6) is 0 Å². The molecule has 2 aromatic rings. The summed E-state index contributed by atoms with van der Waals surface area (Å²) in [7, 11) is 0. The number of halogens is 1. The number of benzene rings is 2. The van der Waals surface area contributed by atoms with Gasteiger partial charge in [0.1, 0.15) is 0 Å². The predicted molar refractivity (Wildman–Crippen MR) is 89.0 cm³/mol. The summed E-state index contributed by atoms with van der Waals surface area (Å²) in [4.78, 5) is 0. The normalized spacial score (nSPS) is 26.1. The predicted octanol–water partition coefficient (Wildman–Crippen LogP) is 5.47. The van der Waals surface area contributed by atoms with Crippen molar-refractivity contribution in [1.29, 1.82) is 0 Å². The zero-order chi connectivity index (χ0) is 14.4. The highest BCUT2D eigenvalue weighted by molar-refractivity contribution is 6.31. The first-order valence-corrected chi connectivity index (χ1v) is 7.90. The molecule has 0 saturated heterocycles. The second-order valence-electron chi connectivity index (χ2n) is 6.02. The van der Waals surface area contributed by atoms with Crippen LogP contribution in [0.15, 0.2) is 54.6 Å². The monoisotopic (exact) mass is 295 g/mol. The maximum Gasteiger partial charge on any atom is 0.0554 e. The summed E-state index contributed by atoms with van der Waals surface area (Å²) in [5.41, 5.74) is 5.14. The molecule has 1 aliphatic heterocycles. The Kier molecular flexibility index (Phi) is 3.04. The molecule has 1 heterocycles. The lowest BCUT2D eigenvalue weighted by molar-refractivity contribution is 0.425. The molecule has 0 spiro atoms. The second kappa shape index (κ2) is 4.92. The third-order valence-electron chi connectivity index (χ3n) is 4.89. The van der Waals surface area contributed by atoms with Crippen LogP contribution in [0.2, 0.25) is 5.02 Å². The lowest BCUT2D eigenvalue weighted by Crippen LogP contribution is -2.29. The van der Waals surface area contributed by atoms with Gasteiger partial charge in [0.05, 0.1) is 6.04 Å². The van der Waals surface area contributed by atoms with Gasteiger partial charge >= 0.3 is 0 Å². The Morgan fingerprint density at radius 1 is 1.10 bits per heavy atom. The average Bonchev–Trinajstić information content (AvgIpc) is 3.00. The van der Waals surface area contributed by atoms with E-state index < -0.39 is 0 Å². The smallest absolute Gasteiger partial charge is 0.0554 e. The molecule has 0 aromatic heterocycles. The fraction of sp³-hybridized carbons (Fsp3) is 0.263. The second-order valence-corrected chi connectivity index (χ2v) is 6.43. The minimum Gasteiger partial charge on any atom is -0.377 e. The lowest BCUT2D eigenvalue weighted by atomic mass is 9.76. The molecule has 106 valence electrons. The minimum atomic E-state index is 0.357. The molecule has 2 aromatic carbocycles. The van der Waals surface area contributed by atoms with Crippen molar-refractivity contribution in [2.75, 3.05) is 5.32 Å². The van der Waals surface area contributed by atoms with Gasteiger partial charge in [0.2, 0.25) is 0 Å². The Labute approximate surface area is 130 Å². The van der Waals surface area contributed by atoms with Crippen molar-refractivity contribution in [3.05, 3.63) is 76.3 Å². The summed E-state index contributed by atoms with van der Waals surface area (Å²) >= 11 is 6.32. The molecule has 4 rings (SSSR count). The first kappa shape index (κ1) is 13.0. The molecule has 1 N–H and O–H groups in total. The SMILES string of the molecule is Cc1c(Cl)ccc2c1N[C@H](c1ccccc1)[C@H]1CC=C[C@@H]21. The van der Waals surface area contributed by atoms with E-state index in [9.17, 15) is 0 Å². The van der Waals surface area contributed by atoms with Crippen LogP contribution in [0.4, 0.5) is 5.69 Å². The molecule has 0 radical (unpaired) electrons. The van der Waals surface area contributed by atoms with Crippen LogP contribution >= 0.6 is 11.6 Å². The zero-order valence-corrected chi connectivity index (χ0v) is 12.8. The van der Waals surface area contributed by atoms with E-state index in [1.165, 1.54) is 16.8 Å². The molecule has 3 atom stereocenters. The lowest BCUT2D eigenvalue weighted by Gasteiger charge is -2.38. The summed E-state index contributed by atoms with van der Waals surface area (Å²) < 4.78 is 0. The number of rotatable bonds is 1. The van der Waals surface area contributed by atoms with Gasteiger partial charge in [-0.15, -0.1) is 0 Å². The Bertz CT molecular complexity index is 705. The molecular formula is C19H18ClN. The minimum absolute atomic E-state index is 0.357. The van der Waals surface area contributed by atoms with Gasteiger partial charge in [-0.3, -0.25) is 0 Å². The number of hydrogen-bond donors (Lipinski definition) is 1. The van der Waals surface area contributed by atoms with Gasteiger partial charge in [0.25, 0.3) is 0 Å². The molecule has 2 heteroatoms. The molecule has 0 unspecified atom stereocenters. The molecule has 0 fully saturated rings. The number of fused-ring (bicyclic) bond motifs is 3. The highest BCUT2D eigenvalue weighted by Gasteiger charge is 2.38. The summed E-state index contributed by atoms with van der Waals surface area (Å²) in [5.74, 6) is 1.10. The summed E-state index contributed by atoms with van der Waals surface area (Å²) in [5, 5.41) is 4.61. The Morgan fingerprint density at radius 2 is 1.90 bits per heavy atom. The highest BCUT2D eigenvalue weighted by atomic mass is 35.5. The van der Waals surface area contributed by atoms with Crippen molar-refractivity contribution in [2.24, 2.45) is 5.92 Å². The highest BCUT2D eigenvalue weighted by Crippen LogP contribution is 2.51. The first-order chi connectivity index (χ1) is 10.3. The maximum absolute atomic E-state index is 6.32. The van der Waals surface area contributed by atoms with Crippen LogP contribution < -0.4 is 5.32 Å². The van der Waals surface area contributed by atoms with Gasteiger partial charge < -0.3 is 5.32 Å². The molecule has 0 bridgehead atoms.